The summed E-state index contributed by atoms with van der Waals surface area (Å²) in [5, 5.41) is 2.63. The van der Waals surface area contributed by atoms with Gasteiger partial charge < -0.3 is 25.3 Å². The summed E-state index contributed by atoms with van der Waals surface area (Å²) in [7, 11) is 1.49. The van der Waals surface area contributed by atoms with Crippen molar-refractivity contribution in [2.45, 2.75) is 19.2 Å². The molecule has 0 bridgehead atoms. The predicted octanol–water partition coefficient (Wildman–Crippen LogP) is 3.77. The number of aromatic nitrogens is 1. The van der Waals surface area contributed by atoms with Gasteiger partial charge in [-0.25, -0.2) is 18.0 Å². The Balaban J connectivity index is 1.81. The predicted molar refractivity (Wildman–Crippen MR) is 118 cm³/mol. The van der Waals surface area contributed by atoms with Gasteiger partial charge in [-0.2, -0.15) is 0 Å². The molecule has 2 amide bonds. The Kier molecular flexibility index (Phi) is 6.33. The number of rotatable bonds is 4. The molecule has 3 aromatic rings. The third kappa shape index (κ3) is 4.17. The van der Waals surface area contributed by atoms with Gasteiger partial charge in [-0.15, -0.1) is 0 Å². The fourth-order valence-corrected chi connectivity index (χ4v) is 4.17. The lowest BCUT2D eigenvalue weighted by molar-refractivity contribution is 0.0500. The summed E-state index contributed by atoms with van der Waals surface area (Å²) >= 11 is 5.78. The summed E-state index contributed by atoms with van der Waals surface area (Å²) < 4.78 is 48.6. The van der Waals surface area contributed by atoms with E-state index in [1.165, 1.54) is 28.6 Å². The van der Waals surface area contributed by atoms with Crippen molar-refractivity contribution >= 4 is 34.1 Å². The number of anilines is 1. The van der Waals surface area contributed by atoms with Gasteiger partial charge >= 0.3 is 6.03 Å². The molecule has 4 rings (SSSR count). The molecule has 3 N–H and O–H groups in total. The van der Waals surface area contributed by atoms with Crippen molar-refractivity contribution in [3.63, 3.8) is 0 Å². The van der Waals surface area contributed by atoms with Gasteiger partial charge in [0.25, 0.3) is 5.56 Å². The molecule has 2 heterocycles. The quantitative estimate of drug-likeness (QED) is 0.595. The average Bonchev–Trinajstić information content (AvgIpc) is 2.79. The second-order valence-corrected chi connectivity index (χ2v) is 8.03. The van der Waals surface area contributed by atoms with Gasteiger partial charge in [0.1, 0.15) is 5.82 Å². The number of amides is 2. The monoisotopic (exact) mass is 480 g/mol. The fraction of sp³-hybridized carbons (Fsp3) is 0.273. The maximum atomic E-state index is 14.2. The number of nitrogens with one attached hydrogen (secondary N) is 1. The molecule has 0 radical (unpaired) electrons. The number of benzene rings is 2. The first-order valence-electron chi connectivity index (χ1n) is 10.0. The number of nitrogens with two attached hydrogens (primary N) is 1. The van der Waals surface area contributed by atoms with Crippen LogP contribution in [-0.4, -0.2) is 35.7 Å². The Hall–Kier alpha value is -3.08. The highest BCUT2D eigenvalue weighted by atomic mass is 35.5. The van der Waals surface area contributed by atoms with Crippen LogP contribution in [0.25, 0.3) is 10.8 Å². The largest absolute Gasteiger partial charge is 0.373 e. The van der Waals surface area contributed by atoms with Crippen LogP contribution in [0, 0.1) is 17.5 Å². The molecular formula is C22H20ClF3N4O3. The van der Waals surface area contributed by atoms with Gasteiger partial charge in [0.2, 0.25) is 0 Å². The topological polar surface area (TPSA) is 89.6 Å². The molecule has 11 heteroatoms. The first-order chi connectivity index (χ1) is 15.7. The minimum atomic E-state index is -1.15. The number of urea groups is 1. The van der Waals surface area contributed by atoms with Crippen molar-refractivity contribution < 1.29 is 22.7 Å². The van der Waals surface area contributed by atoms with Crippen LogP contribution < -0.4 is 16.6 Å². The van der Waals surface area contributed by atoms with Gasteiger partial charge in [-0.1, -0.05) is 11.6 Å². The first-order valence-corrected chi connectivity index (χ1v) is 10.4. The van der Waals surface area contributed by atoms with E-state index in [1.54, 1.807) is 0 Å². The SMILES string of the molecule is CN(C(=O)Nc1ccc(F)c(Cl)c1)[C@@H]1COCc2c1c1cc(F)c(F)cc1c(=O)n2CCN. The minimum absolute atomic E-state index is 0.0212. The third-order valence-corrected chi connectivity index (χ3v) is 5.91. The summed E-state index contributed by atoms with van der Waals surface area (Å²) in [6.07, 6.45) is 0. The smallest absolute Gasteiger partial charge is 0.322 e. The summed E-state index contributed by atoms with van der Waals surface area (Å²) in [6.45, 7) is 0.360. The van der Waals surface area contributed by atoms with Crippen LogP contribution in [0.2, 0.25) is 5.02 Å². The Bertz CT molecular complexity index is 1310. The normalized spacial score (nSPS) is 15.4. The number of likely N-dealkylation sites (N-methyl/N-ethyl adjacent to an activating group) is 1. The Morgan fingerprint density at radius 3 is 2.58 bits per heavy atom. The fourth-order valence-electron chi connectivity index (χ4n) is 3.99. The average molecular weight is 481 g/mol. The molecular weight excluding hydrogens is 461 g/mol. The van der Waals surface area contributed by atoms with E-state index in [0.29, 0.717) is 11.3 Å². The van der Waals surface area contributed by atoms with Gasteiger partial charge in [0.05, 0.1) is 35.4 Å². The van der Waals surface area contributed by atoms with Crippen LogP contribution in [0.15, 0.2) is 35.1 Å². The highest BCUT2D eigenvalue weighted by Crippen LogP contribution is 2.35. The summed E-state index contributed by atoms with van der Waals surface area (Å²) in [5.74, 6) is -2.89. The zero-order valence-corrected chi connectivity index (χ0v) is 18.3. The molecule has 7 nitrogen and oxygen atoms in total. The van der Waals surface area contributed by atoms with Gasteiger partial charge in [-0.05, 0) is 35.7 Å². The molecule has 0 aliphatic carbocycles. The van der Waals surface area contributed by atoms with Crippen molar-refractivity contribution in [3.8, 4) is 0 Å². The Morgan fingerprint density at radius 1 is 1.21 bits per heavy atom. The second kappa shape index (κ2) is 9.05. The van der Waals surface area contributed by atoms with E-state index in [9.17, 15) is 22.8 Å². The van der Waals surface area contributed by atoms with Crippen molar-refractivity contribution in [1.29, 1.82) is 0 Å². The molecule has 2 aromatic carbocycles. The summed E-state index contributed by atoms with van der Waals surface area (Å²) in [5.41, 5.74) is 6.31. The van der Waals surface area contributed by atoms with Crippen LogP contribution in [0.5, 0.6) is 0 Å². The van der Waals surface area contributed by atoms with Crippen LogP contribution in [-0.2, 0) is 17.9 Å². The van der Waals surface area contributed by atoms with Crippen LogP contribution in [0.4, 0.5) is 23.7 Å². The van der Waals surface area contributed by atoms with Crippen molar-refractivity contribution in [1.82, 2.24) is 9.47 Å². The first kappa shape index (κ1) is 23.1. The number of carbonyl (C=O) groups excluding carboxylic acids is 1. The number of fused-ring (bicyclic) bond motifs is 3. The summed E-state index contributed by atoms with van der Waals surface area (Å²) in [4.78, 5) is 27.3. The molecule has 0 fully saturated rings. The molecule has 0 spiro atoms. The van der Waals surface area contributed by atoms with E-state index in [0.717, 1.165) is 18.2 Å². The van der Waals surface area contributed by atoms with Crippen molar-refractivity contribution in [3.05, 3.63) is 74.4 Å². The number of carbonyl (C=O) groups is 1. The number of hydrogen-bond acceptors (Lipinski definition) is 4. The van der Waals surface area contributed by atoms with Crippen LogP contribution >= 0.6 is 11.6 Å². The zero-order chi connectivity index (χ0) is 23.9. The molecule has 0 saturated carbocycles. The number of ether oxygens (including phenoxy) is 1. The Labute approximate surface area is 191 Å². The van der Waals surface area contributed by atoms with Crippen molar-refractivity contribution in [2.24, 2.45) is 5.73 Å². The molecule has 1 aromatic heterocycles. The number of nitrogens with zero attached hydrogens (tertiary/aromatic N) is 2. The van der Waals surface area contributed by atoms with Gasteiger partial charge in [0, 0.05) is 31.4 Å². The molecule has 33 heavy (non-hydrogen) atoms. The van der Waals surface area contributed by atoms with E-state index in [1.807, 2.05) is 0 Å². The number of hydrogen-bond donors (Lipinski definition) is 2. The molecule has 1 atom stereocenters. The maximum Gasteiger partial charge on any atom is 0.322 e. The lowest BCUT2D eigenvalue weighted by Gasteiger charge is -2.35. The lowest BCUT2D eigenvalue weighted by Crippen LogP contribution is -2.41. The van der Waals surface area contributed by atoms with E-state index in [4.69, 9.17) is 22.1 Å². The maximum absolute atomic E-state index is 14.2. The lowest BCUT2D eigenvalue weighted by atomic mass is 9.95. The molecule has 0 unspecified atom stereocenters. The Morgan fingerprint density at radius 2 is 1.91 bits per heavy atom. The van der Waals surface area contributed by atoms with E-state index in [-0.39, 0.29) is 47.8 Å². The van der Waals surface area contributed by atoms with E-state index >= 15 is 0 Å². The van der Waals surface area contributed by atoms with E-state index in [2.05, 4.69) is 5.32 Å². The number of halogens is 4. The van der Waals surface area contributed by atoms with Crippen LogP contribution in [0.1, 0.15) is 17.3 Å². The van der Waals surface area contributed by atoms with Gasteiger partial charge in [0.15, 0.2) is 11.6 Å². The summed E-state index contributed by atoms with van der Waals surface area (Å²) in [6, 6.07) is 4.24. The van der Waals surface area contributed by atoms with E-state index < -0.39 is 35.1 Å². The second-order valence-electron chi connectivity index (χ2n) is 7.62. The molecule has 174 valence electrons. The third-order valence-electron chi connectivity index (χ3n) is 5.62. The zero-order valence-electron chi connectivity index (χ0n) is 17.5. The highest BCUT2D eigenvalue weighted by molar-refractivity contribution is 6.31. The van der Waals surface area contributed by atoms with Crippen LogP contribution in [0.3, 0.4) is 0 Å². The minimum Gasteiger partial charge on any atom is -0.373 e. The molecule has 0 saturated heterocycles. The molecule has 1 aliphatic rings. The number of pyridine rings is 1. The van der Waals surface area contributed by atoms with Crippen molar-refractivity contribution in [2.75, 3.05) is 25.5 Å². The van der Waals surface area contributed by atoms with Gasteiger partial charge in [-0.3, -0.25) is 4.79 Å². The highest BCUT2D eigenvalue weighted by Gasteiger charge is 2.32. The molecule has 1 aliphatic heterocycles. The standard InChI is InChI=1S/C22H20ClF3N4O3/c1-29(22(32)28-11-2-3-15(24)14(23)6-11)18-9-33-10-19-20(18)12-7-16(25)17(26)8-13(12)21(31)30(19)5-4-27/h2-3,6-8,18H,4-5,9-10,27H2,1H3,(H,28,32)/t18-/m1/s1.